The molecule has 0 spiro atoms. The van der Waals surface area contributed by atoms with E-state index in [0.29, 0.717) is 0 Å². The fourth-order valence-electron chi connectivity index (χ4n) is 4.90. The van der Waals surface area contributed by atoms with Gasteiger partial charge in [0.2, 0.25) is 23.0 Å². The third-order valence-corrected chi connectivity index (χ3v) is 6.76. The molecule has 0 aromatic heterocycles. The molecule has 38 heavy (non-hydrogen) atoms. The van der Waals surface area contributed by atoms with Crippen molar-refractivity contribution in [2.24, 2.45) is 0 Å². The maximum absolute atomic E-state index is 14.1. The second kappa shape index (κ2) is 10.5. The predicted octanol–water partition coefficient (Wildman–Crippen LogP) is 2.78. The van der Waals surface area contributed by atoms with Gasteiger partial charge in [0.25, 0.3) is 0 Å². The summed E-state index contributed by atoms with van der Waals surface area (Å²) in [5.41, 5.74) is -9.04. The monoisotopic (exact) mass is 516 g/mol. The van der Waals surface area contributed by atoms with E-state index in [1.165, 1.54) is 61.5 Å². The lowest BCUT2D eigenvalue weighted by atomic mass is 9.67. The number of carbonyl (C=O) groups excluding carboxylic acids is 3. The molecule has 0 amide bonds. The first-order valence-electron chi connectivity index (χ1n) is 11.9. The zero-order chi connectivity index (χ0) is 27.6. The third-order valence-electron chi connectivity index (χ3n) is 6.76. The second-order valence-corrected chi connectivity index (χ2v) is 9.03. The molecule has 0 unspecified atom stereocenters. The van der Waals surface area contributed by atoms with Crippen LogP contribution in [0.2, 0.25) is 0 Å². The quantitative estimate of drug-likeness (QED) is 0.292. The van der Waals surface area contributed by atoms with Gasteiger partial charge in [0.05, 0.1) is 0 Å². The van der Waals surface area contributed by atoms with Crippen LogP contribution in [0, 0.1) is 0 Å². The zero-order valence-corrected chi connectivity index (χ0v) is 20.9. The molecule has 5 atom stereocenters. The van der Waals surface area contributed by atoms with E-state index in [9.17, 15) is 29.7 Å². The number of carbonyl (C=O) groups is 3. The fraction of sp³-hybridized carbons (Fsp3) is 0.233. The molecule has 1 fully saturated rings. The first-order chi connectivity index (χ1) is 18.2. The van der Waals surface area contributed by atoms with Crippen molar-refractivity contribution in [1.29, 1.82) is 0 Å². The number of ether oxygens (including phenoxy) is 2. The van der Waals surface area contributed by atoms with Gasteiger partial charge in [-0.05, 0) is 13.0 Å². The molecule has 0 aliphatic carbocycles. The Hall–Kier alpha value is -3.79. The summed E-state index contributed by atoms with van der Waals surface area (Å²) >= 11 is 0. The van der Waals surface area contributed by atoms with Crippen LogP contribution in [-0.4, -0.2) is 69.0 Å². The summed E-state index contributed by atoms with van der Waals surface area (Å²) in [6, 6.07) is 22.7. The van der Waals surface area contributed by atoms with Gasteiger partial charge in [0.1, 0.15) is 6.10 Å². The second-order valence-electron chi connectivity index (χ2n) is 9.03. The Labute approximate surface area is 219 Å². The van der Waals surface area contributed by atoms with E-state index in [2.05, 4.69) is 0 Å². The molecule has 8 heteroatoms. The Balaban J connectivity index is 1.99. The van der Waals surface area contributed by atoms with Gasteiger partial charge >= 0.3 is 0 Å². The number of rotatable bonds is 9. The van der Waals surface area contributed by atoms with E-state index < -0.39 is 46.5 Å². The summed E-state index contributed by atoms with van der Waals surface area (Å²) in [7, 11) is 1.11. The van der Waals surface area contributed by atoms with Gasteiger partial charge in [-0.25, -0.2) is 0 Å². The lowest BCUT2D eigenvalue weighted by Gasteiger charge is -2.41. The van der Waals surface area contributed by atoms with Gasteiger partial charge in [-0.2, -0.15) is 0 Å². The van der Waals surface area contributed by atoms with E-state index in [0.717, 1.165) is 13.2 Å². The van der Waals surface area contributed by atoms with Crippen molar-refractivity contribution in [3.05, 3.63) is 120 Å². The average Bonchev–Trinajstić information content (AvgIpc) is 3.21. The Morgan fingerprint density at radius 2 is 1.21 bits per heavy atom. The number of aliphatic hydroxyl groups is 3. The van der Waals surface area contributed by atoms with Crippen LogP contribution in [0.3, 0.4) is 0 Å². The van der Waals surface area contributed by atoms with Crippen LogP contribution >= 0.6 is 0 Å². The van der Waals surface area contributed by atoms with Crippen molar-refractivity contribution in [2.45, 2.75) is 36.1 Å². The van der Waals surface area contributed by atoms with Crippen LogP contribution in [0.5, 0.6) is 0 Å². The zero-order valence-electron chi connectivity index (χ0n) is 20.9. The van der Waals surface area contributed by atoms with Gasteiger partial charge in [0, 0.05) is 23.8 Å². The first kappa shape index (κ1) is 27.3. The summed E-state index contributed by atoms with van der Waals surface area (Å²) in [5.74, 6) is -3.15. The molecule has 3 N–H and O–H groups in total. The minimum absolute atomic E-state index is 0.0463. The molecule has 1 saturated heterocycles. The van der Waals surface area contributed by atoms with Gasteiger partial charge < -0.3 is 24.8 Å². The van der Waals surface area contributed by atoms with Gasteiger partial charge in [-0.3, -0.25) is 14.4 Å². The summed E-state index contributed by atoms with van der Waals surface area (Å²) in [6.07, 6.45) is -1.69. The van der Waals surface area contributed by atoms with Crippen molar-refractivity contribution in [2.75, 3.05) is 7.11 Å². The molecule has 0 saturated carbocycles. The van der Waals surface area contributed by atoms with Gasteiger partial charge in [0.15, 0.2) is 17.5 Å². The normalized spacial score (nSPS) is 26.7. The van der Waals surface area contributed by atoms with Crippen LogP contribution in [0.4, 0.5) is 0 Å². The first-order valence-corrected chi connectivity index (χ1v) is 11.9. The maximum atomic E-state index is 14.1. The van der Waals surface area contributed by atoms with Crippen molar-refractivity contribution < 1.29 is 39.2 Å². The number of allylic oxidation sites excluding steroid dienone is 1. The van der Waals surface area contributed by atoms with Crippen molar-refractivity contribution in [1.82, 2.24) is 0 Å². The van der Waals surface area contributed by atoms with Crippen LogP contribution in [0.1, 0.15) is 38.0 Å². The number of hydrogen-bond acceptors (Lipinski definition) is 8. The standard InChI is InChI=1S/C30H28O8/c1-3-19-28(34,23(31)20-13-7-4-8-14-20)26-29(35,24(32)21-15-9-5-10-16-21)30(36,27(37-2)38-26)25(33)22-17-11-6-12-18-22/h3-19,26-27,34-36H,1-2H3/t26-,27+,28+,29-,30+/m1/s1. The largest absolute Gasteiger partial charge is 0.376 e. The van der Waals surface area contributed by atoms with Crippen molar-refractivity contribution >= 4 is 17.3 Å². The molecule has 196 valence electrons. The highest BCUT2D eigenvalue weighted by Gasteiger charge is 2.77. The van der Waals surface area contributed by atoms with E-state index in [1.807, 2.05) is 0 Å². The lowest BCUT2D eigenvalue weighted by Crippen LogP contribution is -2.71. The number of methoxy groups -OCH3 is 1. The highest BCUT2D eigenvalue weighted by molar-refractivity contribution is 6.14. The molecule has 3 aromatic rings. The number of ketones is 3. The molecule has 1 heterocycles. The molecule has 0 bridgehead atoms. The van der Waals surface area contributed by atoms with Crippen LogP contribution in [-0.2, 0) is 9.47 Å². The Kier molecular flexibility index (Phi) is 7.55. The van der Waals surface area contributed by atoms with Crippen molar-refractivity contribution in [3.63, 3.8) is 0 Å². The molecule has 0 radical (unpaired) electrons. The molecular weight excluding hydrogens is 488 g/mol. The van der Waals surface area contributed by atoms with Crippen LogP contribution in [0.25, 0.3) is 0 Å². The number of hydrogen-bond donors (Lipinski definition) is 3. The van der Waals surface area contributed by atoms with Crippen molar-refractivity contribution in [3.8, 4) is 0 Å². The fourth-order valence-corrected chi connectivity index (χ4v) is 4.90. The third kappa shape index (κ3) is 4.13. The van der Waals surface area contributed by atoms with E-state index >= 15 is 0 Å². The minimum Gasteiger partial charge on any atom is -0.376 e. The summed E-state index contributed by atoms with van der Waals surface area (Å²) in [4.78, 5) is 41.6. The van der Waals surface area contributed by atoms with E-state index in [4.69, 9.17) is 9.47 Å². The highest BCUT2D eigenvalue weighted by atomic mass is 16.7. The Bertz CT molecular complexity index is 1340. The molecular formula is C30H28O8. The number of benzene rings is 3. The summed E-state index contributed by atoms with van der Waals surface area (Å²) in [6.45, 7) is 1.52. The molecule has 3 aromatic carbocycles. The summed E-state index contributed by atoms with van der Waals surface area (Å²) < 4.78 is 11.1. The lowest BCUT2D eigenvalue weighted by molar-refractivity contribution is -0.184. The van der Waals surface area contributed by atoms with Gasteiger partial charge in [-0.15, -0.1) is 0 Å². The molecule has 1 aliphatic heterocycles. The highest BCUT2D eigenvalue weighted by Crippen LogP contribution is 2.49. The van der Waals surface area contributed by atoms with Gasteiger partial charge in [-0.1, -0.05) is 97.1 Å². The maximum Gasteiger partial charge on any atom is 0.218 e. The minimum atomic E-state index is -3.18. The topological polar surface area (TPSA) is 130 Å². The number of Topliss-reactive ketones (excluding diaryl/α,β-unsaturated/α-hetero) is 3. The van der Waals surface area contributed by atoms with Crippen LogP contribution in [0.15, 0.2) is 103 Å². The smallest absolute Gasteiger partial charge is 0.218 e. The van der Waals surface area contributed by atoms with Crippen LogP contribution < -0.4 is 0 Å². The Morgan fingerprint density at radius 3 is 1.63 bits per heavy atom. The summed E-state index contributed by atoms with van der Waals surface area (Å²) in [5, 5.41) is 36.3. The predicted molar refractivity (Wildman–Crippen MR) is 138 cm³/mol. The molecule has 1 aliphatic rings. The van der Waals surface area contributed by atoms with E-state index in [-0.39, 0.29) is 16.7 Å². The SMILES string of the molecule is CC=C[C@](O)(C(=O)c1ccccc1)[C@H]1O[C@H](OC)[C@@](O)(C(=O)c2ccccc2)[C@@]1(O)C(=O)c1ccccc1. The average molecular weight is 517 g/mol. The van der Waals surface area contributed by atoms with E-state index in [1.54, 1.807) is 42.5 Å². The Morgan fingerprint density at radius 1 is 0.789 bits per heavy atom. The molecule has 8 nitrogen and oxygen atoms in total. The molecule has 4 rings (SSSR count).